The Morgan fingerprint density at radius 1 is 0.900 bits per heavy atom. The number of benzene rings is 3. The summed E-state index contributed by atoms with van der Waals surface area (Å²) >= 11 is 0. The largest absolute Gasteiger partial charge is 0.457 e. The minimum atomic E-state index is -0.0865. The highest BCUT2D eigenvalue weighted by atomic mass is 16.5. The Kier molecular flexibility index (Phi) is 5.84. The molecule has 1 heterocycles. The van der Waals surface area contributed by atoms with Crippen LogP contribution in [-0.4, -0.2) is 10.5 Å². The van der Waals surface area contributed by atoms with E-state index in [4.69, 9.17) is 4.74 Å². The Labute approximate surface area is 177 Å². The van der Waals surface area contributed by atoms with Crippen molar-refractivity contribution < 1.29 is 9.53 Å². The highest BCUT2D eigenvalue weighted by Gasteiger charge is 2.20. The topological polar surface area (TPSA) is 43.3 Å². The van der Waals surface area contributed by atoms with Gasteiger partial charge in [0.2, 0.25) is 0 Å². The number of para-hydroxylation sites is 2. The lowest BCUT2D eigenvalue weighted by atomic mass is 10.1. The number of carbonyl (C=O) groups is 1. The van der Waals surface area contributed by atoms with Crippen LogP contribution in [0.1, 0.15) is 35.8 Å². The molecule has 4 heteroatoms. The molecule has 0 fully saturated rings. The van der Waals surface area contributed by atoms with Crippen molar-refractivity contribution in [3.05, 3.63) is 90.1 Å². The molecule has 0 saturated carbocycles. The van der Waals surface area contributed by atoms with Gasteiger partial charge < -0.3 is 14.6 Å². The van der Waals surface area contributed by atoms with Gasteiger partial charge in [0, 0.05) is 23.1 Å². The molecular formula is C26H26N2O2. The van der Waals surface area contributed by atoms with Gasteiger partial charge in [0.25, 0.3) is 5.91 Å². The molecule has 0 aliphatic rings. The molecule has 152 valence electrons. The van der Waals surface area contributed by atoms with E-state index in [1.807, 2.05) is 73.7 Å². The summed E-state index contributed by atoms with van der Waals surface area (Å²) in [6.07, 6.45) is 2.11. The Morgan fingerprint density at radius 2 is 1.57 bits per heavy atom. The summed E-state index contributed by atoms with van der Waals surface area (Å²) in [6, 6.07) is 25.3. The van der Waals surface area contributed by atoms with Crippen molar-refractivity contribution in [1.82, 2.24) is 4.57 Å². The van der Waals surface area contributed by atoms with Crippen LogP contribution in [0.5, 0.6) is 11.5 Å². The minimum absolute atomic E-state index is 0.0865. The third-order valence-electron chi connectivity index (χ3n) is 5.27. The molecule has 0 unspecified atom stereocenters. The maximum atomic E-state index is 13.2. The van der Waals surface area contributed by atoms with E-state index < -0.39 is 0 Å². The molecule has 1 N–H and O–H groups in total. The van der Waals surface area contributed by atoms with Crippen LogP contribution in [0.4, 0.5) is 5.69 Å². The molecule has 0 bridgehead atoms. The fourth-order valence-electron chi connectivity index (χ4n) is 3.74. The summed E-state index contributed by atoms with van der Waals surface area (Å²) < 4.78 is 7.98. The van der Waals surface area contributed by atoms with Crippen LogP contribution in [0.2, 0.25) is 0 Å². The fraction of sp³-hybridized carbons (Fsp3) is 0.192. The molecule has 0 radical (unpaired) electrons. The van der Waals surface area contributed by atoms with Gasteiger partial charge in [-0.05, 0) is 61.4 Å². The molecule has 0 aliphatic carbocycles. The van der Waals surface area contributed by atoms with Gasteiger partial charge in [-0.25, -0.2) is 0 Å². The predicted molar refractivity (Wildman–Crippen MR) is 122 cm³/mol. The number of nitrogens with one attached hydrogen (secondary N) is 1. The van der Waals surface area contributed by atoms with Crippen LogP contribution >= 0.6 is 0 Å². The number of rotatable bonds is 7. The lowest BCUT2D eigenvalue weighted by molar-refractivity contribution is 0.101. The number of hydrogen-bond donors (Lipinski definition) is 1. The number of amides is 1. The molecule has 0 spiro atoms. The zero-order valence-electron chi connectivity index (χ0n) is 17.4. The van der Waals surface area contributed by atoms with Gasteiger partial charge in [-0.1, -0.05) is 49.7 Å². The molecule has 4 rings (SSSR count). The summed E-state index contributed by atoms with van der Waals surface area (Å²) in [5.41, 5.74) is 3.60. The summed E-state index contributed by atoms with van der Waals surface area (Å²) in [4.78, 5) is 13.2. The molecule has 0 atom stereocenters. The molecule has 0 aliphatic heterocycles. The summed E-state index contributed by atoms with van der Waals surface area (Å²) in [5.74, 6) is 1.43. The first-order chi connectivity index (χ1) is 14.7. The third kappa shape index (κ3) is 4.08. The first-order valence-electron chi connectivity index (χ1n) is 10.4. The number of hydrogen-bond acceptors (Lipinski definition) is 2. The quantitative estimate of drug-likeness (QED) is 0.372. The standard InChI is InChI=1S/C26H26N2O2/c1-3-4-18-28-24-13-9-8-12-23(24)19(2)25(28)26(29)27-20-14-16-22(17-15-20)30-21-10-6-5-7-11-21/h5-17H,3-4,18H2,1-2H3,(H,27,29). The number of ether oxygens (including phenoxy) is 1. The second-order valence-electron chi connectivity index (χ2n) is 7.39. The SMILES string of the molecule is CCCCn1c(C(=O)Nc2ccc(Oc3ccccc3)cc2)c(C)c2ccccc21. The normalized spacial score (nSPS) is 10.9. The number of aryl methyl sites for hydroxylation is 2. The van der Waals surface area contributed by atoms with Gasteiger partial charge >= 0.3 is 0 Å². The Balaban J connectivity index is 1.56. The molecule has 1 aromatic heterocycles. The van der Waals surface area contributed by atoms with E-state index in [1.165, 1.54) is 0 Å². The summed E-state index contributed by atoms with van der Waals surface area (Å²) in [7, 11) is 0. The van der Waals surface area contributed by atoms with Crippen molar-refractivity contribution in [1.29, 1.82) is 0 Å². The monoisotopic (exact) mass is 398 g/mol. The predicted octanol–water partition coefficient (Wildman–Crippen LogP) is 6.79. The number of aromatic nitrogens is 1. The molecule has 0 saturated heterocycles. The number of nitrogens with zero attached hydrogens (tertiary/aromatic N) is 1. The van der Waals surface area contributed by atoms with Crippen LogP contribution in [0.25, 0.3) is 10.9 Å². The first-order valence-corrected chi connectivity index (χ1v) is 10.4. The molecule has 1 amide bonds. The van der Waals surface area contributed by atoms with Crippen LogP contribution in [0, 0.1) is 6.92 Å². The molecular weight excluding hydrogens is 372 g/mol. The fourth-order valence-corrected chi connectivity index (χ4v) is 3.74. The maximum Gasteiger partial charge on any atom is 0.272 e. The second-order valence-corrected chi connectivity index (χ2v) is 7.39. The van der Waals surface area contributed by atoms with Crippen molar-refractivity contribution in [2.75, 3.05) is 5.32 Å². The van der Waals surface area contributed by atoms with E-state index >= 15 is 0 Å². The Hall–Kier alpha value is -3.53. The molecule has 30 heavy (non-hydrogen) atoms. The van der Waals surface area contributed by atoms with E-state index in [0.29, 0.717) is 0 Å². The van der Waals surface area contributed by atoms with E-state index in [0.717, 1.165) is 58.7 Å². The highest BCUT2D eigenvalue weighted by molar-refractivity contribution is 6.08. The highest BCUT2D eigenvalue weighted by Crippen LogP contribution is 2.28. The van der Waals surface area contributed by atoms with E-state index in [9.17, 15) is 4.79 Å². The van der Waals surface area contributed by atoms with Gasteiger partial charge in [-0.15, -0.1) is 0 Å². The van der Waals surface area contributed by atoms with E-state index in [1.54, 1.807) is 0 Å². The Morgan fingerprint density at radius 3 is 2.30 bits per heavy atom. The van der Waals surface area contributed by atoms with Crippen molar-refractivity contribution in [2.45, 2.75) is 33.2 Å². The molecule has 4 aromatic rings. The van der Waals surface area contributed by atoms with E-state index in [2.05, 4.69) is 28.9 Å². The van der Waals surface area contributed by atoms with Gasteiger partial charge in [-0.2, -0.15) is 0 Å². The molecule has 3 aromatic carbocycles. The summed E-state index contributed by atoms with van der Waals surface area (Å²) in [6.45, 7) is 5.02. The number of fused-ring (bicyclic) bond motifs is 1. The van der Waals surface area contributed by atoms with Crippen LogP contribution in [-0.2, 0) is 6.54 Å². The van der Waals surface area contributed by atoms with Crippen molar-refractivity contribution in [3.8, 4) is 11.5 Å². The van der Waals surface area contributed by atoms with Gasteiger partial charge in [0.05, 0.1) is 0 Å². The lowest BCUT2D eigenvalue weighted by Gasteiger charge is -2.12. The lowest BCUT2D eigenvalue weighted by Crippen LogP contribution is -2.18. The average molecular weight is 399 g/mol. The smallest absolute Gasteiger partial charge is 0.272 e. The summed E-state index contributed by atoms with van der Waals surface area (Å²) in [5, 5.41) is 4.18. The minimum Gasteiger partial charge on any atom is -0.457 e. The zero-order valence-corrected chi connectivity index (χ0v) is 17.4. The third-order valence-corrected chi connectivity index (χ3v) is 5.27. The van der Waals surface area contributed by atoms with Crippen LogP contribution in [0.15, 0.2) is 78.9 Å². The van der Waals surface area contributed by atoms with E-state index in [-0.39, 0.29) is 5.91 Å². The van der Waals surface area contributed by atoms with Crippen LogP contribution in [0.3, 0.4) is 0 Å². The maximum absolute atomic E-state index is 13.2. The number of unbranched alkanes of at least 4 members (excludes halogenated alkanes) is 1. The van der Waals surface area contributed by atoms with Crippen molar-refractivity contribution >= 4 is 22.5 Å². The Bertz CT molecular complexity index is 1150. The van der Waals surface area contributed by atoms with Crippen LogP contribution < -0.4 is 10.1 Å². The average Bonchev–Trinajstić information content (AvgIpc) is 3.06. The second kappa shape index (κ2) is 8.87. The van der Waals surface area contributed by atoms with Gasteiger partial charge in [0.15, 0.2) is 0 Å². The molecule has 4 nitrogen and oxygen atoms in total. The van der Waals surface area contributed by atoms with Crippen molar-refractivity contribution in [2.24, 2.45) is 0 Å². The zero-order chi connectivity index (χ0) is 20.9. The number of carbonyl (C=O) groups excluding carboxylic acids is 1. The van der Waals surface area contributed by atoms with Crippen molar-refractivity contribution in [3.63, 3.8) is 0 Å². The van der Waals surface area contributed by atoms with Gasteiger partial charge in [-0.3, -0.25) is 4.79 Å². The first kappa shape index (κ1) is 19.8. The number of anilines is 1. The van der Waals surface area contributed by atoms with Gasteiger partial charge in [0.1, 0.15) is 17.2 Å².